The van der Waals surface area contributed by atoms with Crippen molar-refractivity contribution in [3.8, 4) is 16.9 Å². The minimum atomic E-state index is -0.228. The third-order valence-electron chi connectivity index (χ3n) is 5.28. The molecule has 31 heavy (non-hydrogen) atoms. The van der Waals surface area contributed by atoms with Crippen LogP contribution in [0.1, 0.15) is 27.4 Å². The van der Waals surface area contributed by atoms with E-state index in [4.69, 9.17) is 4.74 Å². The summed E-state index contributed by atoms with van der Waals surface area (Å²) in [5, 5.41) is 11.6. The molecule has 0 fully saturated rings. The second-order valence-electron chi connectivity index (χ2n) is 7.36. The maximum Gasteiger partial charge on any atom is 0.272 e. The van der Waals surface area contributed by atoms with Gasteiger partial charge in [-0.25, -0.2) is 4.68 Å². The first-order chi connectivity index (χ1) is 15.0. The number of hydrogen-bond donors (Lipinski definition) is 1. The summed E-state index contributed by atoms with van der Waals surface area (Å²) in [6.07, 6.45) is 1.73. The Morgan fingerprint density at radius 2 is 1.68 bits per heavy atom. The summed E-state index contributed by atoms with van der Waals surface area (Å²) in [4.78, 5) is 12.5. The fourth-order valence-corrected chi connectivity index (χ4v) is 3.40. The number of rotatable bonds is 7. The van der Waals surface area contributed by atoms with Gasteiger partial charge in [-0.2, -0.15) is 10.2 Å². The number of carbonyl (C=O) groups excluding carboxylic acids is 1. The highest BCUT2D eigenvalue weighted by Gasteiger charge is 2.13. The molecule has 0 aliphatic rings. The number of nitrogens with zero attached hydrogens (tertiary/aromatic N) is 4. The molecule has 0 aliphatic carbocycles. The van der Waals surface area contributed by atoms with E-state index >= 15 is 0 Å². The SMILES string of the molecule is Cc1nn(C)c(C)c1CNC(=O)c1ccn(COc2ccc(-c3ccccc3)cc2)n1. The zero-order valence-electron chi connectivity index (χ0n) is 17.9. The lowest BCUT2D eigenvalue weighted by molar-refractivity contribution is 0.0943. The molecule has 1 N–H and O–H groups in total. The highest BCUT2D eigenvalue weighted by molar-refractivity contribution is 5.92. The van der Waals surface area contributed by atoms with Crippen molar-refractivity contribution in [1.82, 2.24) is 24.9 Å². The molecule has 7 nitrogen and oxygen atoms in total. The lowest BCUT2D eigenvalue weighted by Gasteiger charge is -2.08. The van der Waals surface area contributed by atoms with E-state index in [1.807, 2.05) is 68.0 Å². The Hall–Kier alpha value is -3.87. The Bertz CT molecular complexity index is 1180. The number of aromatic nitrogens is 4. The summed E-state index contributed by atoms with van der Waals surface area (Å²) < 4.78 is 9.21. The summed E-state index contributed by atoms with van der Waals surface area (Å²) in [6.45, 7) is 4.56. The van der Waals surface area contributed by atoms with E-state index in [0.717, 1.165) is 33.8 Å². The van der Waals surface area contributed by atoms with E-state index in [1.165, 1.54) is 0 Å². The molecule has 158 valence electrons. The average Bonchev–Trinajstić information content (AvgIpc) is 3.36. The second-order valence-corrected chi connectivity index (χ2v) is 7.36. The lowest BCUT2D eigenvalue weighted by atomic mass is 10.1. The first-order valence-electron chi connectivity index (χ1n) is 10.1. The van der Waals surface area contributed by atoms with Gasteiger partial charge < -0.3 is 10.1 Å². The molecular formula is C24H25N5O2. The molecule has 0 aliphatic heterocycles. The van der Waals surface area contributed by atoms with Gasteiger partial charge in [-0.3, -0.25) is 9.48 Å². The van der Waals surface area contributed by atoms with Crippen LogP contribution in [0.2, 0.25) is 0 Å². The first-order valence-corrected chi connectivity index (χ1v) is 10.1. The van der Waals surface area contributed by atoms with Crippen LogP contribution < -0.4 is 10.1 Å². The van der Waals surface area contributed by atoms with E-state index in [2.05, 4.69) is 27.6 Å². The number of aryl methyl sites for hydroxylation is 2. The van der Waals surface area contributed by atoms with Gasteiger partial charge in [0.1, 0.15) is 11.4 Å². The van der Waals surface area contributed by atoms with E-state index in [1.54, 1.807) is 16.9 Å². The maximum absolute atomic E-state index is 12.5. The Balaban J connectivity index is 1.32. The van der Waals surface area contributed by atoms with Crippen LogP contribution in [0, 0.1) is 13.8 Å². The number of carbonyl (C=O) groups is 1. The second kappa shape index (κ2) is 8.87. The summed E-state index contributed by atoms with van der Waals surface area (Å²) in [7, 11) is 1.89. The van der Waals surface area contributed by atoms with Gasteiger partial charge in [0.2, 0.25) is 0 Å². The summed E-state index contributed by atoms with van der Waals surface area (Å²) >= 11 is 0. The summed E-state index contributed by atoms with van der Waals surface area (Å²) in [5.41, 5.74) is 5.62. The minimum Gasteiger partial charge on any atom is -0.471 e. The molecule has 1 amide bonds. The van der Waals surface area contributed by atoms with Gasteiger partial charge in [-0.1, -0.05) is 42.5 Å². The number of hydrogen-bond acceptors (Lipinski definition) is 4. The van der Waals surface area contributed by atoms with Gasteiger partial charge >= 0.3 is 0 Å². The van der Waals surface area contributed by atoms with Crippen molar-refractivity contribution in [2.45, 2.75) is 27.1 Å². The van der Waals surface area contributed by atoms with E-state index in [9.17, 15) is 4.79 Å². The molecule has 7 heteroatoms. The van der Waals surface area contributed by atoms with Crippen molar-refractivity contribution < 1.29 is 9.53 Å². The van der Waals surface area contributed by atoms with Gasteiger partial charge in [-0.15, -0.1) is 0 Å². The molecule has 2 heterocycles. The van der Waals surface area contributed by atoms with Gasteiger partial charge in [0.25, 0.3) is 5.91 Å². The van der Waals surface area contributed by atoms with Crippen molar-refractivity contribution in [3.05, 3.63) is 89.5 Å². The fourth-order valence-electron chi connectivity index (χ4n) is 3.40. The molecule has 0 atom stereocenters. The monoisotopic (exact) mass is 415 g/mol. The smallest absolute Gasteiger partial charge is 0.272 e. The van der Waals surface area contributed by atoms with E-state index in [-0.39, 0.29) is 12.6 Å². The minimum absolute atomic E-state index is 0.221. The van der Waals surface area contributed by atoms with Gasteiger partial charge in [0.15, 0.2) is 6.73 Å². The molecule has 0 unspecified atom stereocenters. The highest BCUT2D eigenvalue weighted by atomic mass is 16.5. The molecule has 4 aromatic rings. The van der Waals surface area contributed by atoms with Crippen LogP contribution in [-0.4, -0.2) is 25.5 Å². The fraction of sp³-hybridized carbons (Fsp3) is 0.208. The van der Waals surface area contributed by atoms with Gasteiger partial charge in [0, 0.05) is 31.0 Å². The van der Waals surface area contributed by atoms with Crippen LogP contribution >= 0.6 is 0 Å². The number of benzene rings is 2. The van der Waals surface area contributed by atoms with Crippen molar-refractivity contribution in [1.29, 1.82) is 0 Å². The normalized spacial score (nSPS) is 10.8. The molecular weight excluding hydrogens is 390 g/mol. The van der Waals surface area contributed by atoms with Crippen LogP contribution in [0.5, 0.6) is 5.75 Å². The Kier molecular flexibility index (Phi) is 5.84. The predicted molar refractivity (Wildman–Crippen MR) is 119 cm³/mol. The third kappa shape index (κ3) is 4.66. The Morgan fingerprint density at radius 3 is 2.35 bits per heavy atom. The number of ether oxygens (including phenoxy) is 1. The highest BCUT2D eigenvalue weighted by Crippen LogP contribution is 2.22. The molecule has 0 spiro atoms. The predicted octanol–water partition coefficient (Wildman–Crippen LogP) is 3.87. The number of nitrogens with one attached hydrogen (secondary N) is 1. The van der Waals surface area contributed by atoms with E-state index < -0.39 is 0 Å². The molecule has 0 saturated carbocycles. The van der Waals surface area contributed by atoms with Crippen LogP contribution in [0.15, 0.2) is 66.9 Å². The Morgan fingerprint density at radius 1 is 0.968 bits per heavy atom. The molecule has 4 rings (SSSR count). The zero-order chi connectivity index (χ0) is 21.8. The molecule has 2 aromatic heterocycles. The molecule has 0 radical (unpaired) electrons. The molecule has 0 saturated heterocycles. The van der Waals surface area contributed by atoms with Crippen LogP contribution in [-0.2, 0) is 20.3 Å². The average molecular weight is 415 g/mol. The quantitative estimate of drug-likeness (QED) is 0.497. The lowest BCUT2D eigenvalue weighted by Crippen LogP contribution is -2.24. The first kappa shape index (κ1) is 20.4. The van der Waals surface area contributed by atoms with Crippen molar-refractivity contribution in [2.75, 3.05) is 0 Å². The summed E-state index contributed by atoms with van der Waals surface area (Å²) in [6, 6.07) is 19.8. The molecule has 0 bridgehead atoms. The Labute approximate surface area is 181 Å². The molecule has 2 aromatic carbocycles. The van der Waals surface area contributed by atoms with Crippen molar-refractivity contribution in [3.63, 3.8) is 0 Å². The van der Waals surface area contributed by atoms with Gasteiger partial charge in [-0.05, 0) is 43.2 Å². The zero-order valence-corrected chi connectivity index (χ0v) is 17.9. The standard InChI is InChI=1S/C24H25N5O2/c1-17-22(18(2)28(3)26-17)15-25-24(30)23-13-14-29(27-23)16-31-21-11-9-20(10-12-21)19-7-5-4-6-8-19/h4-14H,15-16H2,1-3H3,(H,25,30). The van der Waals surface area contributed by atoms with Gasteiger partial charge in [0.05, 0.1) is 5.69 Å². The van der Waals surface area contributed by atoms with Crippen LogP contribution in [0.25, 0.3) is 11.1 Å². The van der Waals surface area contributed by atoms with E-state index in [0.29, 0.717) is 12.2 Å². The van der Waals surface area contributed by atoms with Crippen LogP contribution in [0.3, 0.4) is 0 Å². The maximum atomic E-state index is 12.5. The largest absolute Gasteiger partial charge is 0.471 e. The number of amides is 1. The summed E-state index contributed by atoms with van der Waals surface area (Å²) in [5.74, 6) is 0.511. The van der Waals surface area contributed by atoms with Crippen LogP contribution in [0.4, 0.5) is 0 Å². The third-order valence-corrected chi connectivity index (χ3v) is 5.28. The van der Waals surface area contributed by atoms with Crippen molar-refractivity contribution >= 4 is 5.91 Å². The topological polar surface area (TPSA) is 74.0 Å². The van der Waals surface area contributed by atoms with Crippen molar-refractivity contribution in [2.24, 2.45) is 7.05 Å².